The van der Waals surface area contributed by atoms with E-state index in [9.17, 15) is 9.59 Å². The van der Waals surface area contributed by atoms with Crippen molar-refractivity contribution < 1.29 is 14.3 Å². The molecule has 0 radical (unpaired) electrons. The molecule has 0 aromatic heterocycles. The van der Waals surface area contributed by atoms with Gasteiger partial charge in [0.15, 0.2) is 5.78 Å². The number of benzene rings is 2. The highest BCUT2D eigenvalue weighted by atomic mass is 32.2. The maximum Gasteiger partial charge on any atom is 0.310 e. The number of rotatable bonds is 3. The van der Waals surface area contributed by atoms with Gasteiger partial charge in [-0.1, -0.05) is 36.4 Å². The van der Waals surface area contributed by atoms with Crippen LogP contribution in [0.15, 0.2) is 47.4 Å². The zero-order valence-electron chi connectivity index (χ0n) is 12.3. The van der Waals surface area contributed by atoms with Gasteiger partial charge in [0.05, 0.1) is 13.0 Å². The van der Waals surface area contributed by atoms with Crippen molar-refractivity contribution in [2.24, 2.45) is 0 Å². The first kappa shape index (κ1) is 14.9. The molecule has 0 saturated carbocycles. The van der Waals surface area contributed by atoms with Gasteiger partial charge in [-0.25, -0.2) is 0 Å². The molecule has 0 fully saturated rings. The van der Waals surface area contributed by atoms with Crippen molar-refractivity contribution in [2.75, 3.05) is 6.61 Å². The number of ether oxygens (including phenoxy) is 1. The lowest BCUT2D eigenvalue weighted by Gasteiger charge is -2.11. The Morgan fingerprint density at radius 3 is 2.82 bits per heavy atom. The van der Waals surface area contributed by atoms with E-state index in [0.29, 0.717) is 12.2 Å². The second-order valence-corrected chi connectivity index (χ2v) is 6.06. The fourth-order valence-electron chi connectivity index (χ4n) is 2.63. The molecule has 1 aliphatic rings. The van der Waals surface area contributed by atoms with Crippen LogP contribution in [0.5, 0.6) is 0 Å². The Kier molecular flexibility index (Phi) is 4.29. The summed E-state index contributed by atoms with van der Waals surface area (Å²) in [5.41, 5.74) is 3.15. The van der Waals surface area contributed by atoms with Gasteiger partial charge in [0.25, 0.3) is 0 Å². The molecule has 22 heavy (non-hydrogen) atoms. The quantitative estimate of drug-likeness (QED) is 0.812. The molecule has 0 atom stereocenters. The van der Waals surface area contributed by atoms with Crippen LogP contribution < -0.4 is 0 Å². The number of fused-ring (bicyclic) bond motifs is 2. The Labute approximate surface area is 133 Å². The van der Waals surface area contributed by atoms with Gasteiger partial charge in [-0.2, -0.15) is 0 Å². The third kappa shape index (κ3) is 2.79. The van der Waals surface area contributed by atoms with Crippen LogP contribution in [0.3, 0.4) is 0 Å². The Morgan fingerprint density at radius 1 is 1.18 bits per heavy atom. The Hall–Kier alpha value is -2.07. The standard InChI is InChI=1S/C18H16O3S/c1-2-21-16(19)10-12-7-5-9-15-17(12)18(20)14-8-4-3-6-13(14)11-22-15/h3-9H,2,10-11H2,1H3. The summed E-state index contributed by atoms with van der Waals surface area (Å²) >= 11 is 1.64. The van der Waals surface area contributed by atoms with Crippen LogP contribution in [-0.2, 0) is 21.7 Å². The molecule has 1 aliphatic heterocycles. The van der Waals surface area contributed by atoms with Crippen LogP contribution in [0.4, 0.5) is 0 Å². The van der Waals surface area contributed by atoms with E-state index in [1.165, 1.54) is 0 Å². The van der Waals surface area contributed by atoms with Crippen molar-refractivity contribution in [1.82, 2.24) is 0 Å². The molecule has 0 saturated heterocycles. The fourth-order valence-corrected chi connectivity index (χ4v) is 3.73. The minimum Gasteiger partial charge on any atom is -0.466 e. The van der Waals surface area contributed by atoms with Gasteiger partial charge >= 0.3 is 5.97 Å². The van der Waals surface area contributed by atoms with Crippen molar-refractivity contribution in [2.45, 2.75) is 24.0 Å². The second-order valence-electron chi connectivity index (χ2n) is 5.05. The van der Waals surface area contributed by atoms with Crippen molar-refractivity contribution in [3.63, 3.8) is 0 Å². The third-order valence-corrected chi connectivity index (χ3v) is 4.73. The van der Waals surface area contributed by atoms with E-state index in [1.54, 1.807) is 18.7 Å². The molecule has 3 rings (SSSR count). The zero-order valence-corrected chi connectivity index (χ0v) is 13.1. The number of ketones is 1. The highest BCUT2D eigenvalue weighted by molar-refractivity contribution is 7.98. The summed E-state index contributed by atoms with van der Waals surface area (Å²) in [6.45, 7) is 2.13. The zero-order chi connectivity index (χ0) is 15.5. The highest BCUT2D eigenvalue weighted by Crippen LogP contribution is 2.35. The summed E-state index contributed by atoms with van der Waals surface area (Å²) < 4.78 is 5.02. The van der Waals surface area contributed by atoms with Crippen molar-refractivity contribution in [3.05, 3.63) is 64.7 Å². The monoisotopic (exact) mass is 312 g/mol. The van der Waals surface area contributed by atoms with E-state index >= 15 is 0 Å². The number of carbonyl (C=O) groups excluding carboxylic acids is 2. The summed E-state index contributed by atoms with van der Waals surface area (Å²) in [7, 11) is 0. The van der Waals surface area contributed by atoms with Gasteiger partial charge in [0.1, 0.15) is 0 Å². The maximum absolute atomic E-state index is 12.9. The molecule has 1 heterocycles. The third-order valence-electron chi connectivity index (χ3n) is 3.62. The summed E-state index contributed by atoms with van der Waals surface area (Å²) in [5.74, 6) is 0.458. The van der Waals surface area contributed by atoms with Gasteiger partial charge in [-0.15, -0.1) is 11.8 Å². The smallest absolute Gasteiger partial charge is 0.310 e. The molecule has 2 aromatic carbocycles. The molecule has 0 bridgehead atoms. The summed E-state index contributed by atoms with van der Waals surface area (Å²) in [4.78, 5) is 25.7. The van der Waals surface area contributed by atoms with Crippen LogP contribution in [0.25, 0.3) is 0 Å². The molecular formula is C18H16O3S. The fraction of sp³-hybridized carbons (Fsp3) is 0.222. The molecule has 0 aliphatic carbocycles. The number of hydrogen-bond donors (Lipinski definition) is 0. The molecule has 3 nitrogen and oxygen atoms in total. The molecule has 4 heteroatoms. The Bertz CT molecular complexity index is 737. The lowest BCUT2D eigenvalue weighted by Crippen LogP contribution is -2.13. The van der Waals surface area contributed by atoms with E-state index in [1.807, 2.05) is 42.5 Å². The number of thioether (sulfide) groups is 1. The first-order valence-corrected chi connectivity index (χ1v) is 8.22. The number of hydrogen-bond acceptors (Lipinski definition) is 4. The van der Waals surface area contributed by atoms with Gasteiger partial charge in [0, 0.05) is 21.8 Å². The van der Waals surface area contributed by atoms with Crippen LogP contribution in [0.1, 0.15) is 34.0 Å². The van der Waals surface area contributed by atoms with Crippen molar-refractivity contribution >= 4 is 23.5 Å². The number of esters is 1. The molecule has 112 valence electrons. The maximum atomic E-state index is 12.9. The highest BCUT2D eigenvalue weighted by Gasteiger charge is 2.24. The first-order valence-electron chi connectivity index (χ1n) is 7.23. The lowest BCUT2D eigenvalue weighted by molar-refractivity contribution is -0.142. The molecular weight excluding hydrogens is 296 g/mol. The van der Waals surface area contributed by atoms with Gasteiger partial charge in [-0.05, 0) is 24.1 Å². The van der Waals surface area contributed by atoms with Crippen molar-refractivity contribution in [3.8, 4) is 0 Å². The summed E-state index contributed by atoms with van der Waals surface area (Å²) in [5, 5.41) is 0. The van der Waals surface area contributed by atoms with Crippen molar-refractivity contribution in [1.29, 1.82) is 0 Å². The number of carbonyl (C=O) groups is 2. The Balaban J connectivity index is 2.05. The minimum absolute atomic E-state index is 0.00417. The van der Waals surface area contributed by atoms with E-state index in [0.717, 1.165) is 27.3 Å². The van der Waals surface area contributed by atoms with E-state index in [2.05, 4.69) is 0 Å². The second kappa shape index (κ2) is 6.36. The van der Waals surface area contributed by atoms with Crippen LogP contribution in [-0.4, -0.2) is 18.4 Å². The first-order chi connectivity index (χ1) is 10.7. The van der Waals surface area contributed by atoms with Crippen LogP contribution in [0, 0.1) is 0 Å². The van der Waals surface area contributed by atoms with Gasteiger partial charge < -0.3 is 4.74 Å². The summed E-state index contributed by atoms with van der Waals surface area (Å²) in [6, 6.07) is 13.3. The molecule has 0 N–H and O–H groups in total. The molecule has 2 aromatic rings. The predicted molar refractivity (Wildman–Crippen MR) is 86.2 cm³/mol. The average molecular weight is 312 g/mol. The topological polar surface area (TPSA) is 43.4 Å². The van der Waals surface area contributed by atoms with Gasteiger partial charge in [0.2, 0.25) is 0 Å². The van der Waals surface area contributed by atoms with E-state index in [4.69, 9.17) is 4.74 Å². The Morgan fingerprint density at radius 2 is 2.00 bits per heavy atom. The predicted octanol–water partition coefficient (Wildman–Crippen LogP) is 3.63. The summed E-state index contributed by atoms with van der Waals surface area (Å²) in [6.07, 6.45) is 0.130. The average Bonchev–Trinajstić information content (AvgIpc) is 2.66. The van der Waals surface area contributed by atoms with E-state index < -0.39 is 0 Å². The lowest BCUT2D eigenvalue weighted by atomic mass is 9.94. The molecule has 0 amide bonds. The molecule has 0 unspecified atom stereocenters. The molecule has 0 spiro atoms. The van der Waals surface area contributed by atoms with Crippen LogP contribution in [0.2, 0.25) is 0 Å². The largest absolute Gasteiger partial charge is 0.466 e. The minimum atomic E-state index is -0.300. The normalized spacial score (nSPS) is 13.0. The SMILES string of the molecule is CCOC(=O)Cc1cccc2c1C(=O)c1ccccc1CS2. The van der Waals surface area contributed by atoms with E-state index in [-0.39, 0.29) is 18.2 Å². The van der Waals surface area contributed by atoms with Crippen LogP contribution >= 0.6 is 11.8 Å². The van der Waals surface area contributed by atoms with Gasteiger partial charge in [-0.3, -0.25) is 9.59 Å².